The van der Waals surface area contributed by atoms with E-state index < -0.39 is 0 Å². The minimum atomic E-state index is 0.482. The van der Waals surface area contributed by atoms with Gasteiger partial charge >= 0.3 is 0 Å². The number of aryl methyl sites for hydroxylation is 2. The van der Waals surface area contributed by atoms with Crippen LogP contribution in [0.5, 0.6) is 11.5 Å². The minimum Gasteiger partial charge on any atom is -0.493 e. The van der Waals surface area contributed by atoms with E-state index in [-0.39, 0.29) is 0 Å². The Kier molecular flexibility index (Phi) is 7.13. The summed E-state index contributed by atoms with van der Waals surface area (Å²) >= 11 is 5.72. The van der Waals surface area contributed by atoms with Crippen LogP contribution in [0.4, 0.5) is 5.69 Å². The summed E-state index contributed by atoms with van der Waals surface area (Å²) in [7, 11) is 1.65. The Hall–Kier alpha value is -1.86. The topological polar surface area (TPSA) is 30.8 Å². The van der Waals surface area contributed by atoms with Crippen LogP contribution in [0.1, 0.15) is 22.3 Å². The fourth-order valence-electron chi connectivity index (χ4n) is 2.65. The van der Waals surface area contributed by atoms with Gasteiger partial charge in [0.05, 0.1) is 16.4 Å². The van der Waals surface area contributed by atoms with Crippen molar-refractivity contribution >= 4 is 50.4 Å². The Morgan fingerprint density at radius 2 is 1.75 bits per heavy atom. The maximum atomic E-state index is 6.04. The molecule has 0 heterocycles. The minimum absolute atomic E-state index is 0.482. The molecule has 0 saturated carbocycles. The molecule has 0 N–H and O–H groups in total. The second kappa shape index (κ2) is 9.56. The number of rotatable bonds is 6. The highest BCUT2D eigenvalue weighted by atomic mass is 127. The summed E-state index contributed by atoms with van der Waals surface area (Å²) in [6.07, 6.45) is 1.85. The molecular weight excluding hydrogens is 529 g/mol. The predicted octanol–water partition coefficient (Wildman–Crippen LogP) is 7.01. The molecule has 0 aromatic heterocycles. The molecule has 0 amide bonds. The van der Waals surface area contributed by atoms with Crippen LogP contribution in [0.3, 0.4) is 0 Å². The van der Waals surface area contributed by atoms with E-state index in [9.17, 15) is 0 Å². The van der Waals surface area contributed by atoms with Gasteiger partial charge in [0, 0.05) is 10.7 Å². The molecule has 144 valence electrons. The molecule has 0 unspecified atom stereocenters. The second-order valence-corrected chi connectivity index (χ2v) is 8.55. The highest BCUT2D eigenvalue weighted by molar-refractivity contribution is 14.1. The second-order valence-electron chi connectivity index (χ2n) is 6.48. The Balaban J connectivity index is 1.79. The van der Waals surface area contributed by atoms with Crippen molar-refractivity contribution in [3.05, 3.63) is 84.9 Å². The molecule has 0 spiro atoms. The average Bonchev–Trinajstić information content (AvgIpc) is 2.69. The lowest BCUT2D eigenvalue weighted by molar-refractivity contribution is 0.282. The summed E-state index contributed by atoms with van der Waals surface area (Å²) in [5, 5.41) is 0. The van der Waals surface area contributed by atoms with Crippen molar-refractivity contribution in [2.75, 3.05) is 7.11 Å². The lowest BCUT2D eigenvalue weighted by Gasteiger charge is -2.13. The third-order valence-corrected chi connectivity index (χ3v) is 5.73. The molecule has 5 heteroatoms. The first-order valence-electron chi connectivity index (χ1n) is 8.82. The Bertz CT molecular complexity index is 1000. The van der Waals surface area contributed by atoms with Crippen molar-refractivity contribution in [3.8, 4) is 11.5 Å². The van der Waals surface area contributed by atoms with Crippen molar-refractivity contribution < 1.29 is 9.47 Å². The molecule has 28 heavy (non-hydrogen) atoms. The van der Waals surface area contributed by atoms with Gasteiger partial charge in [-0.1, -0.05) is 34.1 Å². The third kappa shape index (κ3) is 5.35. The van der Waals surface area contributed by atoms with E-state index in [0.29, 0.717) is 12.4 Å². The van der Waals surface area contributed by atoms with Gasteiger partial charge in [0.25, 0.3) is 0 Å². The molecule has 0 radical (unpaired) electrons. The zero-order valence-corrected chi connectivity index (χ0v) is 19.7. The molecule has 0 bridgehead atoms. The Morgan fingerprint density at radius 1 is 1.00 bits per heavy atom. The van der Waals surface area contributed by atoms with E-state index in [1.807, 2.05) is 48.7 Å². The highest BCUT2D eigenvalue weighted by Crippen LogP contribution is 2.34. The number of hydrogen-bond donors (Lipinski definition) is 0. The van der Waals surface area contributed by atoms with E-state index in [0.717, 1.165) is 30.6 Å². The lowest BCUT2D eigenvalue weighted by Crippen LogP contribution is -2.00. The molecule has 3 nitrogen and oxygen atoms in total. The summed E-state index contributed by atoms with van der Waals surface area (Å²) in [5.74, 6) is 1.44. The largest absolute Gasteiger partial charge is 0.493 e. The molecule has 3 aromatic carbocycles. The number of benzene rings is 3. The van der Waals surface area contributed by atoms with Crippen molar-refractivity contribution in [1.29, 1.82) is 0 Å². The van der Waals surface area contributed by atoms with Crippen molar-refractivity contribution in [2.24, 2.45) is 4.99 Å². The van der Waals surface area contributed by atoms with Crippen molar-refractivity contribution in [3.63, 3.8) is 0 Å². The zero-order valence-electron chi connectivity index (χ0n) is 16.0. The summed E-state index contributed by atoms with van der Waals surface area (Å²) in [6.45, 7) is 4.68. The normalized spacial score (nSPS) is 11.0. The lowest BCUT2D eigenvalue weighted by atomic mass is 10.1. The molecule has 0 fully saturated rings. The summed E-state index contributed by atoms with van der Waals surface area (Å²) in [5.41, 5.74) is 5.51. The Morgan fingerprint density at radius 3 is 2.43 bits per heavy atom. The van der Waals surface area contributed by atoms with Gasteiger partial charge in [-0.15, -0.1) is 0 Å². The first-order chi connectivity index (χ1) is 13.5. The molecule has 3 rings (SSSR count). The van der Waals surface area contributed by atoms with E-state index in [4.69, 9.17) is 9.47 Å². The van der Waals surface area contributed by atoms with Crippen LogP contribution in [-0.2, 0) is 6.61 Å². The first-order valence-corrected chi connectivity index (χ1v) is 10.7. The first kappa shape index (κ1) is 20.9. The summed E-state index contributed by atoms with van der Waals surface area (Å²) in [6, 6.07) is 18.3. The van der Waals surface area contributed by atoms with Crippen LogP contribution in [0.25, 0.3) is 0 Å². The van der Waals surface area contributed by atoms with Gasteiger partial charge in [-0.05, 0) is 95.1 Å². The number of methoxy groups -OCH3 is 1. The summed E-state index contributed by atoms with van der Waals surface area (Å²) < 4.78 is 13.6. The maximum Gasteiger partial charge on any atom is 0.174 e. The van der Waals surface area contributed by atoms with Gasteiger partial charge in [0.1, 0.15) is 6.61 Å². The number of halogens is 2. The number of nitrogens with zero attached hydrogens (tertiary/aromatic N) is 1. The van der Waals surface area contributed by atoms with Crippen molar-refractivity contribution in [2.45, 2.75) is 20.5 Å². The SMILES string of the molecule is COc1cc(C=Nc2ccc(C)c(C)c2)cc(I)c1OCc1ccc(Br)cc1. The van der Waals surface area contributed by atoms with Crippen LogP contribution in [0, 0.1) is 17.4 Å². The zero-order chi connectivity index (χ0) is 20.1. The van der Waals surface area contributed by atoms with Crippen LogP contribution in [-0.4, -0.2) is 13.3 Å². The van der Waals surface area contributed by atoms with Crippen molar-refractivity contribution in [1.82, 2.24) is 0 Å². The molecule has 0 atom stereocenters. The smallest absolute Gasteiger partial charge is 0.174 e. The van der Waals surface area contributed by atoms with Gasteiger partial charge < -0.3 is 9.47 Å². The average molecular weight is 550 g/mol. The van der Waals surface area contributed by atoms with Crippen LogP contribution in [0.2, 0.25) is 0 Å². The van der Waals surface area contributed by atoms with E-state index >= 15 is 0 Å². The third-order valence-electron chi connectivity index (χ3n) is 4.40. The summed E-state index contributed by atoms with van der Waals surface area (Å²) in [4.78, 5) is 4.60. The van der Waals surface area contributed by atoms with Gasteiger partial charge in [-0.3, -0.25) is 4.99 Å². The monoisotopic (exact) mass is 549 g/mol. The molecule has 3 aromatic rings. The fourth-order valence-corrected chi connectivity index (χ4v) is 3.69. The van der Waals surface area contributed by atoms with Crippen LogP contribution in [0.15, 0.2) is 64.1 Å². The quantitative estimate of drug-likeness (QED) is 0.244. The fraction of sp³-hybridized carbons (Fsp3) is 0.174. The highest BCUT2D eigenvalue weighted by Gasteiger charge is 2.11. The number of ether oxygens (including phenoxy) is 2. The molecule has 0 aliphatic rings. The Labute approximate surface area is 188 Å². The van der Waals surface area contributed by atoms with E-state index in [1.165, 1.54) is 11.1 Å². The van der Waals surface area contributed by atoms with Crippen LogP contribution >= 0.6 is 38.5 Å². The predicted molar refractivity (Wildman–Crippen MR) is 127 cm³/mol. The van der Waals surface area contributed by atoms with Gasteiger partial charge in [-0.2, -0.15) is 0 Å². The molecular formula is C23H21BrINO2. The van der Waals surface area contributed by atoms with Gasteiger partial charge in [0.2, 0.25) is 0 Å². The van der Waals surface area contributed by atoms with Gasteiger partial charge in [0.15, 0.2) is 11.5 Å². The number of aliphatic imine (C=N–C) groups is 1. The van der Waals surface area contributed by atoms with E-state index in [1.54, 1.807) is 7.11 Å². The number of hydrogen-bond acceptors (Lipinski definition) is 3. The van der Waals surface area contributed by atoms with Gasteiger partial charge in [-0.25, -0.2) is 0 Å². The molecule has 0 saturated heterocycles. The molecule has 0 aliphatic carbocycles. The standard InChI is InChI=1S/C23H21BrINO2/c1-15-4-9-20(10-16(15)2)26-13-18-11-21(25)23(22(12-18)27-3)28-14-17-5-7-19(24)8-6-17/h4-13H,14H2,1-3H3. The van der Waals surface area contributed by atoms with E-state index in [2.05, 4.69) is 69.5 Å². The molecule has 0 aliphatic heterocycles. The maximum absolute atomic E-state index is 6.04. The van der Waals surface area contributed by atoms with Crippen LogP contribution < -0.4 is 9.47 Å².